The Morgan fingerprint density at radius 2 is 1.90 bits per heavy atom. The van der Waals surface area contributed by atoms with Crippen molar-refractivity contribution in [2.75, 3.05) is 19.8 Å². The van der Waals surface area contributed by atoms with Gasteiger partial charge < -0.3 is 10.1 Å². The van der Waals surface area contributed by atoms with Gasteiger partial charge >= 0.3 is 0 Å². The molecule has 0 spiro atoms. The first kappa shape index (κ1) is 14.9. The first-order valence-electron chi connectivity index (χ1n) is 6.70. The van der Waals surface area contributed by atoms with Crippen molar-refractivity contribution in [2.24, 2.45) is 5.41 Å². The lowest BCUT2D eigenvalue weighted by atomic mass is 9.82. The SMILES string of the molecule is CC1(CNCc2c(F)cc(C#N)cc2F)CCOCC1. The summed E-state index contributed by atoms with van der Waals surface area (Å²) in [6, 6.07) is 3.87. The molecule has 20 heavy (non-hydrogen) atoms. The topological polar surface area (TPSA) is 45.0 Å². The summed E-state index contributed by atoms with van der Waals surface area (Å²) in [7, 11) is 0. The molecule has 2 rings (SSSR count). The molecule has 3 nitrogen and oxygen atoms in total. The third-order valence-corrected chi connectivity index (χ3v) is 3.82. The Labute approximate surface area is 117 Å². The Hall–Kier alpha value is -1.51. The first-order valence-corrected chi connectivity index (χ1v) is 6.70. The highest BCUT2D eigenvalue weighted by molar-refractivity contribution is 5.34. The summed E-state index contributed by atoms with van der Waals surface area (Å²) in [6.45, 7) is 4.43. The lowest BCUT2D eigenvalue weighted by Crippen LogP contribution is -2.36. The number of hydrogen-bond donors (Lipinski definition) is 1. The van der Waals surface area contributed by atoms with Crippen LogP contribution in [0.5, 0.6) is 0 Å². The van der Waals surface area contributed by atoms with Crippen LogP contribution in [0, 0.1) is 28.4 Å². The number of nitriles is 1. The van der Waals surface area contributed by atoms with E-state index in [1.807, 2.05) is 0 Å². The van der Waals surface area contributed by atoms with Crippen LogP contribution < -0.4 is 5.32 Å². The average molecular weight is 280 g/mol. The summed E-state index contributed by atoms with van der Waals surface area (Å²) < 4.78 is 32.7. The molecule has 0 atom stereocenters. The van der Waals surface area contributed by atoms with Gasteiger partial charge in [0.15, 0.2) is 0 Å². The molecule has 1 fully saturated rings. The van der Waals surface area contributed by atoms with Crippen molar-refractivity contribution in [3.63, 3.8) is 0 Å². The normalized spacial score (nSPS) is 17.7. The second kappa shape index (κ2) is 6.29. The van der Waals surface area contributed by atoms with E-state index >= 15 is 0 Å². The molecule has 0 bridgehead atoms. The van der Waals surface area contributed by atoms with Gasteiger partial charge in [-0.2, -0.15) is 5.26 Å². The second-order valence-corrected chi connectivity index (χ2v) is 5.56. The van der Waals surface area contributed by atoms with Crippen LogP contribution in [0.25, 0.3) is 0 Å². The number of hydrogen-bond acceptors (Lipinski definition) is 3. The average Bonchev–Trinajstić information content (AvgIpc) is 2.42. The van der Waals surface area contributed by atoms with E-state index in [9.17, 15) is 8.78 Å². The molecule has 0 amide bonds. The molecule has 1 aliphatic rings. The summed E-state index contributed by atoms with van der Waals surface area (Å²) in [4.78, 5) is 0. The van der Waals surface area contributed by atoms with Crippen molar-refractivity contribution in [1.82, 2.24) is 5.32 Å². The van der Waals surface area contributed by atoms with Crippen molar-refractivity contribution in [3.05, 3.63) is 34.9 Å². The second-order valence-electron chi connectivity index (χ2n) is 5.56. The van der Waals surface area contributed by atoms with E-state index in [0.29, 0.717) is 6.54 Å². The molecule has 0 radical (unpaired) electrons. The number of halogens is 2. The van der Waals surface area contributed by atoms with E-state index < -0.39 is 11.6 Å². The molecule has 1 aromatic carbocycles. The number of nitrogens with one attached hydrogen (secondary N) is 1. The van der Waals surface area contributed by atoms with Gasteiger partial charge in [-0.1, -0.05) is 6.92 Å². The number of ether oxygens (including phenoxy) is 1. The molecule has 1 aliphatic heterocycles. The summed E-state index contributed by atoms with van der Waals surface area (Å²) in [6.07, 6.45) is 1.89. The lowest BCUT2D eigenvalue weighted by Gasteiger charge is -2.33. The molecular formula is C15H18F2N2O. The minimum absolute atomic E-state index is 0.000131. The lowest BCUT2D eigenvalue weighted by molar-refractivity contribution is 0.0239. The summed E-state index contributed by atoms with van der Waals surface area (Å²) in [5.74, 6) is -1.35. The smallest absolute Gasteiger partial charge is 0.131 e. The standard InChI is InChI=1S/C15H18F2N2O/c1-15(2-4-20-5-3-15)10-19-9-12-13(16)6-11(8-18)7-14(12)17/h6-7,19H,2-5,9-10H2,1H3. The zero-order valence-corrected chi connectivity index (χ0v) is 11.5. The van der Waals surface area contributed by atoms with Crippen LogP contribution >= 0.6 is 0 Å². The maximum atomic E-state index is 13.7. The quantitative estimate of drug-likeness (QED) is 0.922. The number of rotatable bonds is 4. The summed E-state index contributed by atoms with van der Waals surface area (Å²) in [5, 5.41) is 11.8. The number of benzene rings is 1. The highest BCUT2D eigenvalue weighted by Gasteiger charge is 2.27. The van der Waals surface area contributed by atoms with Crippen molar-refractivity contribution in [1.29, 1.82) is 5.26 Å². The molecule has 0 unspecified atom stereocenters. The van der Waals surface area contributed by atoms with Crippen LogP contribution in [-0.2, 0) is 11.3 Å². The van der Waals surface area contributed by atoms with Crippen molar-refractivity contribution >= 4 is 0 Å². The van der Waals surface area contributed by atoms with E-state index in [1.165, 1.54) is 0 Å². The van der Waals surface area contributed by atoms with E-state index in [0.717, 1.165) is 38.2 Å². The third-order valence-electron chi connectivity index (χ3n) is 3.82. The number of nitrogens with zero attached hydrogens (tertiary/aromatic N) is 1. The fraction of sp³-hybridized carbons (Fsp3) is 0.533. The molecule has 1 saturated heterocycles. The predicted octanol–water partition coefficient (Wildman–Crippen LogP) is 2.74. The highest BCUT2D eigenvalue weighted by atomic mass is 19.1. The maximum Gasteiger partial charge on any atom is 0.131 e. The van der Waals surface area contributed by atoms with Gasteiger partial charge in [0.1, 0.15) is 11.6 Å². The van der Waals surface area contributed by atoms with Crippen LogP contribution in [-0.4, -0.2) is 19.8 Å². The van der Waals surface area contributed by atoms with E-state index in [1.54, 1.807) is 6.07 Å². The minimum atomic E-state index is -0.675. The third kappa shape index (κ3) is 3.53. The molecule has 0 aliphatic carbocycles. The van der Waals surface area contributed by atoms with E-state index in [2.05, 4.69) is 12.2 Å². The van der Waals surface area contributed by atoms with Gasteiger partial charge in [-0.25, -0.2) is 8.78 Å². The summed E-state index contributed by atoms with van der Waals surface area (Å²) >= 11 is 0. The van der Waals surface area contributed by atoms with Crippen LogP contribution in [0.1, 0.15) is 30.9 Å². The van der Waals surface area contributed by atoms with Gasteiger partial charge in [-0.3, -0.25) is 0 Å². The zero-order chi connectivity index (χ0) is 14.6. The van der Waals surface area contributed by atoms with Crippen molar-refractivity contribution in [2.45, 2.75) is 26.3 Å². The van der Waals surface area contributed by atoms with Crippen LogP contribution in [0.2, 0.25) is 0 Å². The molecule has 1 aromatic rings. The van der Waals surface area contributed by atoms with Gasteiger partial charge in [0, 0.05) is 31.9 Å². The predicted molar refractivity (Wildman–Crippen MR) is 70.9 cm³/mol. The van der Waals surface area contributed by atoms with Gasteiger partial charge in [-0.05, 0) is 30.4 Å². The molecule has 0 saturated carbocycles. The molecule has 1 heterocycles. The molecular weight excluding hydrogens is 262 g/mol. The van der Waals surface area contributed by atoms with Crippen LogP contribution in [0.4, 0.5) is 8.78 Å². The molecule has 108 valence electrons. The molecule has 1 N–H and O–H groups in total. The van der Waals surface area contributed by atoms with E-state index in [4.69, 9.17) is 10.00 Å². The Balaban J connectivity index is 1.96. The Bertz CT molecular complexity index is 496. The zero-order valence-electron chi connectivity index (χ0n) is 11.5. The molecule has 0 aromatic heterocycles. The highest BCUT2D eigenvalue weighted by Crippen LogP contribution is 2.28. The van der Waals surface area contributed by atoms with Crippen molar-refractivity contribution in [3.8, 4) is 6.07 Å². The van der Waals surface area contributed by atoms with Gasteiger partial charge in [0.25, 0.3) is 0 Å². The van der Waals surface area contributed by atoms with Gasteiger partial charge in [0.05, 0.1) is 11.6 Å². The Morgan fingerprint density at radius 1 is 1.30 bits per heavy atom. The van der Waals surface area contributed by atoms with Gasteiger partial charge in [0.2, 0.25) is 0 Å². The Morgan fingerprint density at radius 3 is 2.45 bits per heavy atom. The minimum Gasteiger partial charge on any atom is -0.381 e. The van der Waals surface area contributed by atoms with Crippen LogP contribution in [0.15, 0.2) is 12.1 Å². The van der Waals surface area contributed by atoms with Crippen LogP contribution in [0.3, 0.4) is 0 Å². The largest absolute Gasteiger partial charge is 0.381 e. The first-order chi connectivity index (χ1) is 9.54. The van der Waals surface area contributed by atoms with Gasteiger partial charge in [-0.15, -0.1) is 0 Å². The van der Waals surface area contributed by atoms with E-state index in [-0.39, 0.29) is 23.1 Å². The summed E-state index contributed by atoms with van der Waals surface area (Å²) in [5.41, 5.74) is 0.0949. The fourth-order valence-corrected chi connectivity index (χ4v) is 2.37. The Kier molecular flexibility index (Phi) is 4.69. The fourth-order valence-electron chi connectivity index (χ4n) is 2.37. The molecule has 5 heteroatoms. The maximum absolute atomic E-state index is 13.7. The van der Waals surface area contributed by atoms with Crippen molar-refractivity contribution < 1.29 is 13.5 Å². The monoisotopic (exact) mass is 280 g/mol.